The maximum Gasteiger partial charge on any atom is 0.0536 e. The van der Waals surface area contributed by atoms with Crippen molar-refractivity contribution in [1.29, 1.82) is 0 Å². The zero-order valence-electron chi connectivity index (χ0n) is 11.9. The minimum atomic E-state index is -0.963. The molecule has 0 aromatic rings. The lowest BCUT2D eigenvalue weighted by atomic mass is 10.0. The van der Waals surface area contributed by atoms with Crippen LogP contribution >= 0.6 is 0 Å². The fourth-order valence-corrected chi connectivity index (χ4v) is 8.83. The first kappa shape index (κ1) is 12.7. The van der Waals surface area contributed by atoms with Gasteiger partial charge in [-0.25, -0.2) is 0 Å². The molecule has 2 saturated carbocycles. The Kier molecular flexibility index (Phi) is 3.54. The molecule has 2 rings (SSSR count). The Morgan fingerprint density at radius 1 is 0.750 bits per heavy atom. The highest BCUT2D eigenvalue weighted by atomic mass is 28.3. The average molecular weight is 238 g/mol. The van der Waals surface area contributed by atoms with Crippen LogP contribution in [0.2, 0.25) is 24.2 Å². The van der Waals surface area contributed by atoms with Crippen molar-refractivity contribution >= 4 is 8.07 Å². The van der Waals surface area contributed by atoms with Gasteiger partial charge in [0.15, 0.2) is 0 Å². The third kappa shape index (κ3) is 2.25. The summed E-state index contributed by atoms with van der Waals surface area (Å²) in [5, 5.41) is 0. The van der Waals surface area contributed by atoms with Crippen molar-refractivity contribution in [3.8, 4) is 0 Å². The van der Waals surface area contributed by atoms with Crippen LogP contribution in [0.25, 0.3) is 0 Å². The van der Waals surface area contributed by atoms with Crippen LogP contribution < -0.4 is 0 Å². The second kappa shape index (κ2) is 4.47. The van der Waals surface area contributed by atoms with E-state index in [1.807, 2.05) is 0 Å². The lowest BCUT2D eigenvalue weighted by Crippen LogP contribution is -2.36. The van der Waals surface area contributed by atoms with Crippen LogP contribution in [0.5, 0.6) is 0 Å². The van der Waals surface area contributed by atoms with Crippen LogP contribution in [0.15, 0.2) is 0 Å². The number of hydrogen-bond acceptors (Lipinski definition) is 0. The van der Waals surface area contributed by atoms with Crippen LogP contribution in [-0.4, -0.2) is 8.07 Å². The predicted molar refractivity (Wildman–Crippen MR) is 75.6 cm³/mol. The molecule has 0 nitrogen and oxygen atoms in total. The van der Waals surface area contributed by atoms with E-state index in [4.69, 9.17) is 0 Å². The molecule has 2 aliphatic carbocycles. The fraction of sp³-hybridized carbons (Fsp3) is 1.00. The zero-order valence-corrected chi connectivity index (χ0v) is 12.9. The van der Waals surface area contributed by atoms with E-state index in [0.29, 0.717) is 0 Å². The molecule has 2 unspecified atom stereocenters. The minimum Gasteiger partial charge on any atom is -0.0689 e. The molecule has 94 valence electrons. The Hall–Kier alpha value is 0.217. The van der Waals surface area contributed by atoms with E-state index in [1.54, 1.807) is 25.7 Å². The lowest BCUT2D eigenvalue weighted by Gasteiger charge is -2.36. The van der Waals surface area contributed by atoms with Gasteiger partial charge in [-0.2, -0.15) is 0 Å². The van der Waals surface area contributed by atoms with Gasteiger partial charge >= 0.3 is 0 Å². The third-order valence-corrected chi connectivity index (χ3v) is 11.3. The van der Waals surface area contributed by atoms with Crippen molar-refractivity contribution in [2.24, 2.45) is 17.8 Å². The Morgan fingerprint density at radius 3 is 1.75 bits per heavy atom. The summed E-state index contributed by atoms with van der Waals surface area (Å²) in [6, 6.07) is 0. The molecule has 0 N–H and O–H groups in total. The van der Waals surface area contributed by atoms with Crippen molar-refractivity contribution in [3.63, 3.8) is 0 Å². The minimum absolute atomic E-state index is 0.963. The number of hydrogen-bond donors (Lipinski definition) is 0. The summed E-state index contributed by atoms with van der Waals surface area (Å²) >= 11 is 0. The van der Waals surface area contributed by atoms with Gasteiger partial charge in [0, 0.05) is 0 Å². The molecular formula is C15H30Si. The predicted octanol–water partition coefficient (Wildman–Crippen LogP) is 5.32. The molecule has 1 heteroatoms. The van der Waals surface area contributed by atoms with Crippen molar-refractivity contribution in [3.05, 3.63) is 0 Å². The first-order chi connectivity index (χ1) is 7.41. The highest BCUT2D eigenvalue weighted by Crippen LogP contribution is 2.53. The molecule has 0 aromatic carbocycles. The Labute approximate surface area is 103 Å². The van der Waals surface area contributed by atoms with Crippen molar-refractivity contribution in [1.82, 2.24) is 0 Å². The van der Waals surface area contributed by atoms with Gasteiger partial charge in [0.1, 0.15) is 0 Å². The summed E-state index contributed by atoms with van der Waals surface area (Å²) in [6.07, 6.45) is 7.72. The van der Waals surface area contributed by atoms with Crippen molar-refractivity contribution in [2.75, 3.05) is 0 Å². The third-order valence-electron chi connectivity index (χ3n) is 6.08. The highest BCUT2D eigenvalue weighted by molar-refractivity contribution is 6.80. The van der Waals surface area contributed by atoms with Gasteiger partial charge < -0.3 is 0 Å². The summed E-state index contributed by atoms with van der Waals surface area (Å²) in [7, 11) is -0.963. The molecule has 0 aromatic heterocycles. The summed E-state index contributed by atoms with van der Waals surface area (Å²) in [5.74, 6) is 3.01. The standard InChI is InChI=1S/C15H30Si/c1-11-6-7-14(8-11)16(4,5)15-9-12(2)13(3)10-15/h11-15H,6-10H2,1-5H3/t11-,12-,13?,14-,15?/m0/s1. The number of rotatable bonds is 2. The van der Waals surface area contributed by atoms with E-state index >= 15 is 0 Å². The second-order valence-electron chi connectivity index (χ2n) is 7.56. The van der Waals surface area contributed by atoms with Gasteiger partial charge in [0.25, 0.3) is 0 Å². The van der Waals surface area contributed by atoms with Crippen molar-refractivity contribution in [2.45, 2.75) is 77.1 Å². The summed E-state index contributed by atoms with van der Waals surface area (Å²) in [6.45, 7) is 12.8. The van der Waals surface area contributed by atoms with Crippen LogP contribution in [0, 0.1) is 17.8 Å². The maximum atomic E-state index is 2.70. The topological polar surface area (TPSA) is 0 Å². The molecule has 0 amide bonds. The summed E-state index contributed by atoms with van der Waals surface area (Å²) in [4.78, 5) is 0. The Morgan fingerprint density at radius 2 is 1.31 bits per heavy atom. The zero-order chi connectivity index (χ0) is 11.9. The van der Waals surface area contributed by atoms with Crippen molar-refractivity contribution < 1.29 is 0 Å². The van der Waals surface area contributed by atoms with E-state index in [0.717, 1.165) is 28.8 Å². The van der Waals surface area contributed by atoms with Gasteiger partial charge in [0.2, 0.25) is 0 Å². The lowest BCUT2D eigenvalue weighted by molar-refractivity contribution is 0.457. The smallest absolute Gasteiger partial charge is 0.0536 e. The average Bonchev–Trinajstić information content (AvgIpc) is 2.75. The monoisotopic (exact) mass is 238 g/mol. The normalized spacial score (nSPS) is 45.2. The SMILES string of the molecule is CC1CC([Si](C)(C)[C@H]2CC[C@H](C)C2)C[C@@H]1C. The molecule has 16 heavy (non-hydrogen) atoms. The highest BCUT2D eigenvalue weighted by Gasteiger charge is 2.45. The van der Waals surface area contributed by atoms with E-state index in [-0.39, 0.29) is 0 Å². The molecule has 0 radical (unpaired) electrons. The molecule has 0 aliphatic heterocycles. The van der Waals surface area contributed by atoms with Crippen LogP contribution in [-0.2, 0) is 0 Å². The largest absolute Gasteiger partial charge is 0.0689 e. The van der Waals surface area contributed by atoms with E-state index < -0.39 is 8.07 Å². The van der Waals surface area contributed by atoms with Gasteiger partial charge in [-0.05, 0) is 41.7 Å². The van der Waals surface area contributed by atoms with E-state index in [9.17, 15) is 0 Å². The van der Waals surface area contributed by atoms with E-state index in [2.05, 4.69) is 33.9 Å². The molecule has 0 saturated heterocycles. The van der Waals surface area contributed by atoms with Gasteiger partial charge in [-0.3, -0.25) is 0 Å². The van der Waals surface area contributed by atoms with Gasteiger partial charge in [0.05, 0.1) is 8.07 Å². The summed E-state index contributed by atoms with van der Waals surface area (Å²) < 4.78 is 0. The molecule has 0 bridgehead atoms. The summed E-state index contributed by atoms with van der Waals surface area (Å²) in [5.41, 5.74) is 2.28. The maximum absolute atomic E-state index is 2.70. The first-order valence-corrected chi connectivity index (χ1v) is 10.6. The Bertz CT molecular complexity index is 236. The molecule has 0 spiro atoms. The second-order valence-corrected chi connectivity index (χ2v) is 12.8. The first-order valence-electron chi connectivity index (χ1n) is 7.41. The van der Waals surface area contributed by atoms with E-state index in [1.165, 1.54) is 6.42 Å². The molecule has 0 heterocycles. The molecular weight excluding hydrogens is 208 g/mol. The molecule has 2 fully saturated rings. The van der Waals surface area contributed by atoms with Gasteiger partial charge in [-0.15, -0.1) is 0 Å². The fourth-order valence-electron chi connectivity index (χ4n) is 4.28. The molecule has 2 aliphatic rings. The van der Waals surface area contributed by atoms with Crippen LogP contribution in [0.4, 0.5) is 0 Å². The van der Waals surface area contributed by atoms with Gasteiger partial charge in [-0.1, -0.05) is 53.1 Å². The van der Waals surface area contributed by atoms with Crippen LogP contribution in [0.3, 0.4) is 0 Å². The molecule has 5 atom stereocenters. The Balaban J connectivity index is 2.02. The van der Waals surface area contributed by atoms with Crippen LogP contribution in [0.1, 0.15) is 52.9 Å². The quantitative estimate of drug-likeness (QED) is 0.571.